The van der Waals surface area contributed by atoms with Crippen molar-refractivity contribution in [3.63, 3.8) is 0 Å². The molecule has 0 radical (unpaired) electrons. The summed E-state index contributed by atoms with van der Waals surface area (Å²) in [7, 11) is 0. The lowest BCUT2D eigenvalue weighted by Gasteiger charge is -2.54. The molecule has 2 amide bonds. The normalized spacial score (nSPS) is 25.9. The first-order valence-electron chi connectivity index (χ1n) is 13.7. The Bertz CT molecular complexity index is 1620. The van der Waals surface area contributed by atoms with Gasteiger partial charge in [-0.2, -0.15) is 0 Å². The molecule has 4 aliphatic rings. The van der Waals surface area contributed by atoms with E-state index >= 15 is 0 Å². The number of ether oxygens (including phenoxy) is 1. The highest BCUT2D eigenvalue weighted by Crippen LogP contribution is 2.69. The summed E-state index contributed by atoms with van der Waals surface area (Å²) in [5.74, 6) is -3.76. The fourth-order valence-electron chi connectivity index (χ4n) is 6.94. The van der Waals surface area contributed by atoms with Crippen molar-refractivity contribution in [2.45, 2.75) is 28.8 Å². The zero-order valence-electron chi connectivity index (χ0n) is 22.2. The Labute approximate surface area is 258 Å². The molecule has 8 rings (SSSR count). The predicted molar refractivity (Wildman–Crippen MR) is 160 cm³/mol. The fraction of sp³-hybridized carbons (Fsp3) is 0.206. The molecule has 3 aliphatic carbocycles. The van der Waals surface area contributed by atoms with Gasteiger partial charge >= 0.3 is 5.97 Å². The first-order chi connectivity index (χ1) is 20.3. The molecule has 0 spiro atoms. The molecule has 0 N–H and O–H groups in total. The summed E-state index contributed by atoms with van der Waals surface area (Å²) in [6.45, 7) is -0.0415. The largest absolute Gasteiger partial charge is 0.459 e. The average molecular weight is 617 g/mol. The summed E-state index contributed by atoms with van der Waals surface area (Å²) in [6, 6.07) is 29.8. The number of hydrogen-bond acceptors (Lipinski definition) is 4. The van der Waals surface area contributed by atoms with Crippen molar-refractivity contribution in [3.05, 3.63) is 142 Å². The van der Waals surface area contributed by atoms with Gasteiger partial charge in [-0.1, -0.05) is 103 Å². The van der Waals surface area contributed by atoms with E-state index < -0.39 is 45.4 Å². The second-order valence-electron chi connectivity index (χ2n) is 11.0. The molecule has 0 saturated carbocycles. The number of benzene rings is 4. The molecule has 8 heteroatoms. The SMILES string of the molecule is O=C(OCc1ccc(Cl)cc1)[C@H](Cc1ccccc1)N1C(=O)[C@@H]2[C@H](C1=O)C1(Cl)c3ccccc3C2(Cl)c2ccccc21. The lowest BCUT2D eigenvalue weighted by atomic mass is 9.54. The molecule has 3 atom stereocenters. The molecule has 42 heavy (non-hydrogen) atoms. The number of esters is 1. The Kier molecular flexibility index (Phi) is 6.46. The smallest absolute Gasteiger partial charge is 0.330 e. The van der Waals surface area contributed by atoms with Crippen LogP contribution in [0, 0.1) is 11.8 Å². The number of amides is 2. The Hall–Kier alpha value is -3.64. The molecule has 5 nitrogen and oxygen atoms in total. The Balaban J connectivity index is 1.32. The van der Waals surface area contributed by atoms with E-state index in [9.17, 15) is 14.4 Å². The number of likely N-dealkylation sites (tertiary alicyclic amines) is 1. The van der Waals surface area contributed by atoms with Gasteiger partial charge in [-0.15, -0.1) is 23.2 Å². The van der Waals surface area contributed by atoms with Crippen molar-refractivity contribution < 1.29 is 19.1 Å². The van der Waals surface area contributed by atoms with Gasteiger partial charge < -0.3 is 4.74 Å². The number of carbonyl (C=O) groups is 3. The molecule has 1 heterocycles. The number of halogens is 3. The molecular weight excluding hydrogens is 593 g/mol. The van der Waals surface area contributed by atoms with Crippen LogP contribution in [0.4, 0.5) is 0 Å². The Morgan fingerprint density at radius 1 is 0.690 bits per heavy atom. The second-order valence-corrected chi connectivity index (χ2v) is 12.6. The van der Waals surface area contributed by atoms with E-state index in [1.165, 1.54) is 0 Å². The number of alkyl halides is 2. The number of rotatable bonds is 6. The van der Waals surface area contributed by atoms with Gasteiger partial charge in [0.1, 0.15) is 22.4 Å². The van der Waals surface area contributed by atoms with Gasteiger partial charge in [0.05, 0.1) is 11.8 Å². The summed E-state index contributed by atoms with van der Waals surface area (Å²) >= 11 is 21.1. The van der Waals surface area contributed by atoms with Gasteiger partial charge in [-0.25, -0.2) is 4.79 Å². The minimum Gasteiger partial charge on any atom is -0.459 e. The summed E-state index contributed by atoms with van der Waals surface area (Å²) < 4.78 is 5.71. The van der Waals surface area contributed by atoms with Crippen LogP contribution in [0.2, 0.25) is 5.02 Å². The highest BCUT2D eigenvalue weighted by Gasteiger charge is 2.73. The van der Waals surface area contributed by atoms with Crippen LogP contribution in [0.25, 0.3) is 0 Å². The molecule has 210 valence electrons. The van der Waals surface area contributed by atoms with Crippen LogP contribution in [0.3, 0.4) is 0 Å². The van der Waals surface area contributed by atoms with Crippen molar-refractivity contribution in [1.29, 1.82) is 0 Å². The van der Waals surface area contributed by atoms with Gasteiger partial charge in [0.2, 0.25) is 11.8 Å². The van der Waals surface area contributed by atoms with Gasteiger partial charge in [0.15, 0.2) is 0 Å². The number of carbonyl (C=O) groups excluding carboxylic acids is 3. The summed E-state index contributed by atoms with van der Waals surface area (Å²) in [4.78, 5) is 41.2. The molecule has 4 aromatic carbocycles. The van der Waals surface area contributed by atoms with Crippen LogP contribution in [0.1, 0.15) is 33.4 Å². The monoisotopic (exact) mass is 615 g/mol. The van der Waals surface area contributed by atoms with Crippen molar-refractivity contribution in [2.24, 2.45) is 11.8 Å². The first kappa shape index (κ1) is 27.2. The van der Waals surface area contributed by atoms with E-state index in [0.29, 0.717) is 27.3 Å². The molecule has 2 bridgehead atoms. The highest BCUT2D eigenvalue weighted by atomic mass is 35.5. The van der Waals surface area contributed by atoms with Gasteiger partial charge in [0.25, 0.3) is 0 Å². The summed E-state index contributed by atoms with van der Waals surface area (Å²) in [6.07, 6.45) is 0.0850. The second kappa shape index (κ2) is 9.98. The van der Waals surface area contributed by atoms with Gasteiger partial charge in [-0.3, -0.25) is 14.5 Å². The van der Waals surface area contributed by atoms with Crippen LogP contribution in [-0.4, -0.2) is 28.7 Å². The van der Waals surface area contributed by atoms with E-state index in [4.69, 9.17) is 39.5 Å². The molecule has 1 saturated heterocycles. The summed E-state index contributed by atoms with van der Waals surface area (Å²) in [5, 5.41) is 0.560. The van der Waals surface area contributed by atoms with Crippen LogP contribution >= 0.6 is 34.8 Å². The predicted octanol–water partition coefficient (Wildman–Crippen LogP) is 6.59. The average Bonchev–Trinajstić information content (AvgIpc) is 3.29. The zero-order chi connectivity index (χ0) is 29.2. The standard InChI is InChI=1S/C34H24Cl3NO4/c35-22-16-14-21(15-17-22)19-42-32(41)27(18-20-8-2-1-3-9-20)38-30(39)28-29(31(38)40)34(37)24-11-5-4-10-23(24)33(28,36)25-12-6-7-13-26(25)34/h1-17,27-29H,18-19H2/t27-,28-,29+,33?,34?/m0/s1. The fourth-order valence-corrected chi connectivity index (χ4v) is 8.17. The first-order valence-corrected chi connectivity index (χ1v) is 14.8. The van der Waals surface area contributed by atoms with Crippen molar-refractivity contribution in [1.82, 2.24) is 4.90 Å². The van der Waals surface area contributed by atoms with E-state index in [-0.39, 0.29) is 13.0 Å². The lowest BCUT2D eigenvalue weighted by molar-refractivity contribution is -0.159. The quantitative estimate of drug-likeness (QED) is 0.139. The van der Waals surface area contributed by atoms with E-state index in [2.05, 4.69) is 0 Å². The van der Waals surface area contributed by atoms with Crippen LogP contribution in [0.15, 0.2) is 103 Å². The third-order valence-electron chi connectivity index (χ3n) is 8.77. The molecule has 1 aliphatic heterocycles. The number of nitrogens with zero attached hydrogens (tertiary/aromatic N) is 1. The van der Waals surface area contributed by atoms with Crippen molar-refractivity contribution >= 4 is 52.6 Å². The highest BCUT2D eigenvalue weighted by molar-refractivity contribution is 6.36. The van der Waals surface area contributed by atoms with Gasteiger partial charge in [-0.05, 0) is 45.5 Å². The maximum Gasteiger partial charge on any atom is 0.330 e. The van der Waals surface area contributed by atoms with E-state index in [1.54, 1.807) is 24.3 Å². The minimum absolute atomic E-state index is 0.0415. The van der Waals surface area contributed by atoms with Crippen LogP contribution in [0.5, 0.6) is 0 Å². The Morgan fingerprint density at radius 3 is 1.62 bits per heavy atom. The zero-order valence-corrected chi connectivity index (χ0v) is 24.4. The molecule has 0 aromatic heterocycles. The number of imide groups is 1. The van der Waals surface area contributed by atoms with E-state index in [0.717, 1.165) is 16.0 Å². The third-order valence-corrected chi connectivity index (χ3v) is 10.3. The Morgan fingerprint density at radius 2 is 1.14 bits per heavy atom. The third kappa shape index (κ3) is 3.80. The number of hydrogen-bond donors (Lipinski definition) is 0. The van der Waals surface area contributed by atoms with E-state index in [1.807, 2.05) is 78.9 Å². The molecular formula is C34H24Cl3NO4. The molecule has 1 fully saturated rings. The van der Waals surface area contributed by atoms with Crippen molar-refractivity contribution in [3.8, 4) is 0 Å². The van der Waals surface area contributed by atoms with Gasteiger partial charge in [0, 0.05) is 11.4 Å². The minimum atomic E-state index is -1.33. The van der Waals surface area contributed by atoms with Crippen molar-refractivity contribution in [2.75, 3.05) is 0 Å². The maximum absolute atomic E-state index is 14.5. The summed E-state index contributed by atoms with van der Waals surface area (Å²) in [5.41, 5.74) is 4.31. The molecule has 4 aromatic rings. The lowest BCUT2D eigenvalue weighted by Crippen LogP contribution is -2.57. The topological polar surface area (TPSA) is 63.7 Å². The van der Waals surface area contributed by atoms with Crippen LogP contribution < -0.4 is 0 Å². The molecule has 0 unspecified atom stereocenters. The van der Waals surface area contributed by atoms with Crippen LogP contribution in [-0.2, 0) is 41.9 Å². The maximum atomic E-state index is 14.5.